The molecule has 2 rings (SSSR count). The Morgan fingerprint density at radius 3 is 2.30 bits per heavy atom. The van der Waals surface area contributed by atoms with Gasteiger partial charge >= 0.3 is 0 Å². The summed E-state index contributed by atoms with van der Waals surface area (Å²) in [6.45, 7) is 5.41. The van der Waals surface area contributed by atoms with Gasteiger partial charge < -0.3 is 14.8 Å². The molecule has 7 nitrogen and oxygen atoms in total. The molecule has 30 heavy (non-hydrogen) atoms. The lowest BCUT2D eigenvalue weighted by Crippen LogP contribution is -2.41. The molecule has 0 spiro atoms. The maximum absolute atomic E-state index is 12.7. The van der Waals surface area contributed by atoms with Gasteiger partial charge in [0.25, 0.3) is 0 Å². The summed E-state index contributed by atoms with van der Waals surface area (Å²) in [5.41, 5.74) is 1.30. The largest absolute Gasteiger partial charge is 0.497 e. The molecular formula is C22H30N2O5S. The lowest BCUT2D eigenvalue weighted by Gasteiger charge is -2.24. The second-order valence-electron chi connectivity index (χ2n) is 7.24. The van der Waals surface area contributed by atoms with Crippen LogP contribution in [0.4, 0.5) is 5.69 Å². The molecule has 2 aromatic carbocycles. The number of amides is 1. The summed E-state index contributed by atoms with van der Waals surface area (Å²) < 4.78 is 36.7. The SMILES string of the molecule is CC[C@H](NC(=O)CN(c1cccc(OC(C)C)c1)S(C)(=O)=O)c1ccc(OC)cc1. The topological polar surface area (TPSA) is 84.9 Å². The van der Waals surface area contributed by atoms with Crippen molar-refractivity contribution in [1.29, 1.82) is 0 Å². The molecule has 0 heterocycles. The van der Waals surface area contributed by atoms with E-state index in [2.05, 4.69) is 5.32 Å². The molecule has 0 saturated heterocycles. The van der Waals surface area contributed by atoms with E-state index in [1.165, 1.54) is 0 Å². The number of sulfonamides is 1. The van der Waals surface area contributed by atoms with Crippen LogP contribution >= 0.6 is 0 Å². The van der Waals surface area contributed by atoms with Crippen molar-refractivity contribution in [2.24, 2.45) is 0 Å². The molecule has 0 saturated carbocycles. The van der Waals surface area contributed by atoms with Crippen molar-refractivity contribution in [2.75, 3.05) is 24.2 Å². The highest BCUT2D eigenvalue weighted by atomic mass is 32.2. The van der Waals surface area contributed by atoms with Crippen molar-refractivity contribution in [1.82, 2.24) is 5.32 Å². The zero-order chi connectivity index (χ0) is 22.3. The summed E-state index contributed by atoms with van der Waals surface area (Å²) in [5, 5.41) is 2.92. The van der Waals surface area contributed by atoms with Gasteiger partial charge in [0.1, 0.15) is 18.0 Å². The van der Waals surface area contributed by atoms with E-state index in [0.29, 0.717) is 17.9 Å². The van der Waals surface area contributed by atoms with Crippen LogP contribution in [0.1, 0.15) is 38.8 Å². The van der Waals surface area contributed by atoms with Crippen molar-refractivity contribution in [3.63, 3.8) is 0 Å². The van der Waals surface area contributed by atoms with Gasteiger partial charge in [-0.2, -0.15) is 0 Å². The standard InChI is InChI=1S/C22H30N2O5S/c1-6-21(17-10-12-19(28-4)13-11-17)23-22(25)15-24(30(5,26)27)18-8-7-9-20(14-18)29-16(2)3/h7-14,16,21H,6,15H2,1-5H3,(H,23,25)/t21-/m0/s1. The van der Waals surface area contributed by atoms with Gasteiger partial charge in [0.05, 0.1) is 31.2 Å². The minimum Gasteiger partial charge on any atom is -0.497 e. The first-order valence-corrected chi connectivity index (χ1v) is 11.7. The van der Waals surface area contributed by atoms with Gasteiger partial charge in [0.15, 0.2) is 0 Å². The number of anilines is 1. The highest BCUT2D eigenvalue weighted by Crippen LogP contribution is 2.24. The minimum atomic E-state index is -3.67. The number of nitrogens with zero attached hydrogens (tertiary/aromatic N) is 1. The predicted molar refractivity (Wildman–Crippen MR) is 119 cm³/mol. The molecule has 0 aliphatic carbocycles. The molecule has 0 fully saturated rings. The minimum absolute atomic E-state index is 0.0509. The van der Waals surface area contributed by atoms with Crippen molar-refractivity contribution in [3.8, 4) is 11.5 Å². The van der Waals surface area contributed by atoms with Gasteiger partial charge in [0, 0.05) is 6.07 Å². The molecule has 0 aliphatic heterocycles. The summed E-state index contributed by atoms with van der Waals surface area (Å²) in [6.07, 6.45) is 1.69. The van der Waals surface area contributed by atoms with Crippen molar-refractivity contribution in [2.45, 2.75) is 39.3 Å². The van der Waals surface area contributed by atoms with Crippen LogP contribution in [0.5, 0.6) is 11.5 Å². The summed E-state index contributed by atoms with van der Waals surface area (Å²) in [6, 6.07) is 13.9. The van der Waals surface area contributed by atoms with E-state index in [1.54, 1.807) is 31.4 Å². The Balaban J connectivity index is 2.19. The molecule has 2 aromatic rings. The number of benzene rings is 2. The van der Waals surface area contributed by atoms with Gasteiger partial charge in [-0.1, -0.05) is 25.1 Å². The normalized spacial score (nSPS) is 12.3. The molecule has 0 aromatic heterocycles. The van der Waals surface area contributed by atoms with Crippen molar-refractivity contribution < 1.29 is 22.7 Å². The molecule has 164 valence electrons. The molecule has 1 N–H and O–H groups in total. The van der Waals surface area contributed by atoms with Crippen LogP contribution in [0.2, 0.25) is 0 Å². The van der Waals surface area contributed by atoms with E-state index in [-0.39, 0.29) is 18.7 Å². The first-order valence-electron chi connectivity index (χ1n) is 9.81. The molecule has 0 radical (unpaired) electrons. The summed E-state index contributed by atoms with van der Waals surface area (Å²) in [5.74, 6) is 0.881. The summed E-state index contributed by atoms with van der Waals surface area (Å²) in [4.78, 5) is 12.7. The van der Waals surface area contributed by atoms with E-state index >= 15 is 0 Å². The van der Waals surface area contributed by atoms with E-state index in [9.17, 15) is 13.2 Å². The predicted octanol–water partition coefficient (Wildman–Crippen LogP) is 3.52. The fourth-order valence-electron chi connectivity index (χ4n) is 3.01. The molecule has 0 unspecified atom stereocenters. The Kier molecular flexibility index (Phi) is 8.11. The van der Waals surface area contributed by atoms with E-state index in [1.807, 2.05) is 45.0 Å². The third kappa shape index (κ3) is 6.66. The van der Waals surface area contributed by atoms with Crippen molar-refractivity contribution >= 4 is 21.6 Å². The third-order valence-electron chi connectivity index (χ3n) is 4.43. The van der Waals surface area contributed by atoms with E-state index in [0.717, 1.165) is 21.9 Å². The number of ether oxygens (including phenoxy) is 2. The highest BCUT2D eigenvalue weighted by molar-refractivity contribution is 7.92. The zero-order valence-electron chi connectivity index (χ0n) is 18.1. The maximum Gasteiger partial charge on any atom is 0.241 e. The smallest absolute Gasteiger partial charge is 0.241 e. The Labute approximate surface area is 179 Å². The fourth-order valence-corrected chi connectivity index (χ4v) is 3.86. The van der Waals surface area contributed by atoms with Crippen LogP contribution in [0.25, 0.3) is 0 Å². The average molecular weight is 435 g/mol. The Morgan fingerprint density at radius 2 is 1.77 bits per heavy atom. The number of carbonyl (C=O) groups excluding carboxylic acids is 1. The quantitative estimate of drug-likeness (QED) is 0.618. The number of methoxy groups -OCH3 is 1. The number of rotatable bonds is 10. The Bertz CT molecular complexity index is 942. The molecule has 1 amide bonds. The van der Waals surface area contributed by atoms with Gasteiger partial charge in [-0.05, 0) is 50.1 Å². The zero-order valence-corrected chi connectivity index (χ0v) is 18.9. The van der Waals surface area contributed by atoms with E-state index < -0.39 is 15.9 Å². The van der Waals surface area contributed by atoms with Gasteiger partial charge in [-0.25, -0.2) is 8.42 Å². The van der Waals surface area contributed by atoms with Crippen LogP contribution in [0.15, 0.2) is 48.5 Å². The van der Waals surface area contributed by atoms with Gasteiger partial charge in [-0.15, -0.1) is 0 Å². The molecule has 0 aliphatic rings. The number of carbonyl (C=O) groups is 1. The number of hydrogen-bond donors (Lipinski definition) is 1. The van der Waals surface area contributed by atoms with Crippen LogP contribution in [-0.2, 0) is 14.8 Å². The molecule has 8 heteroatoms. The number of hydrogen-bond acceptors (Lipinski definition) is 5. The molecule has 1 atom stereocenters. The van der Waals surface area contributed by atoms with Gasteiger partial charge in [0.2, 0.25) is 15.9 Å². The maximum atomic E-state index is 12.7. The van der Waals surface area contributed by atoms with Crippen molar-refractivity contribution in [3.05, 3.63) is 54.1 Å². The third-order valence-corrected chi connectivity index (χ3v) is 5.57. The summed E-state index contributed by atoms with van der Waals surface area (Å²) >= 11 is 0. The number of nitrogens with one attached hydrogen (secondary N) is 1. The van der Waals surface area contributed by atoms with Crippen LogP contribution < -0.4 is 19.1 Å². The van der Waals surface area contributed by atoms with Gasteiger partial charge in [-0.3, -0.25) is 9.10 Å². The average Bonchev–Trinajstić information content (AvgIpc) is 2.69. The monoisotopic (exact) mass is 434 g/mol. The molecule has 0 bridgehead atoms. The molecular weight excluding hydrogens is 404 g/mol. The van der Waals surface area contributed by atoms with Crippen LogP contribution in [-0.4, -0.2) is 40.3 Å². The first-order chi connectivity index (χ1) is 14.1. The Morgan fingerprint density at radius 1 is 1.10 bits per heavy atom. The van der Waals surface area contributed by atoms with Crippen LogP contribution in [0.3, 0.4) is 0 Å². The fraction of sp³-hybridized carbons (Fsp3) is 0.409. The van der Waals surface area contributed by atoms with E-state index in [4.69, 9.17) is 9.47 Å². The Hall–Kier alpha value is -2.74. The first kappa shape index (κ1) is 23.5. The highest BCUT2D eigenvalue weighted by Gasteiger charge is 2.23. The second kappa shape index (κ2) is 10.3. The van der Waals surface area contributed by atoms with Crippen LogP contribution in [0, 0.1) is 0 Å². The second-order valence-corrected chi connectivity index (χ2v) is 9.14. The lowest BCUT2D eigenvalue weighted by atomic mass is 10.0. The lowest BCUT2D eigenvalue weighted by molar-refractivity contribution is -0.120. The summed E-state index contributed by atoms with van der Waals surface area (Å²) in [7, 11) is -2.08.